The quantitative estimate of drug-likeness (QED) is 0.758. The third-order valence-electron chi connectivity index (χ3n) is 3.68. The van der Waals surface area contributed by atoms with Crippen molar-refractivity contribution in [2.24, 2.45) is 0 Å². The van der Waals surface area contributed by atoms with Crippen LogP contribution in [0.4, 0.5) is 0 Å². The summed E-state index contributed by atoms with van der Waals surface area (Å²) in [7, 11) is 1.53. The number of aromatic amines is 1. The van der Waals surface area contributed by atoms with Crippen LogP contribution in [0, 0.1) is 6.92 Å². The zero-order valence-electron chi connectivity index (χ0n) is 12.9. The highest BCUT2D eigenvalue weighted by atomic mass is 35.5. The second kappa shape index (κ2) is 6.34. The average Bonchev–Trinajstić information content (AvgIpc) is 2.91. The number of amides is 1. The molecular weight excluding hydrogens is 312 g/mol. The maximum atomic E-state index is 12.4. The third kappa shape index (κ3) is 3.32. The molecule has 0 saturated carbocycles. The van der Waals surface area contributed by atoms with Crippen LogP contribution in [-0.2, 0) is 6.54 Å². The molecule has 1 heterocycles. The maximum Gasteiger partial charge on any atom is 0.255 e. The fourth-order valence-electron chi connectivity index (χ4n) is 2.57. The van der Waals surface area contributed by atoms with E-state index in [1.54, 1.807) is 18.2 Å². The van der Waals surface area contributed by atoms with Crippen LogP contribution in [0.2, 0.25) is 5.02 Å². The van der Waals surface area contributed by atoms with E-state index in [9.17, 15) is 4.79 Å². The summed E-state index contributed by atoms with van der Waals surface area (Å²) >= 11 is 5.96. The summed E-state index contributed by atoms with van der Waals surface area (Å²) in [5.74, 6) is 0.290. The molecule has 0 fully saturated rings. The average molecular weight is 329 g/mol. The Kier molecular flexibility index (Phi) is 4.26. The number of aryl methyl sites for hydroxylation is 1. The Morgan fingerprint density at radius 3 is 2.83 bits per heavy atom. The normalized spacial score (nSPS) is 10.7. The summed E-state index contributed by atoms with van der Waals surface area (Å²) in [6.07, 6.45) is 0. The molecule has 118 valence electrons. The molecule has 0 aliphatic heterocycles. The molecule has 5 heteroatoms. The van der Waals surface area contributed by atoms with E-state index in [0.29, 0.717) is 22.9 Å². The van der Waals surface area contributed by atoms with Gasteiger partial charge in [0.25, 0.3) is 5.91 Å². The number of H-pyrrole nitrogens is 1. The smallest absolute Gasteiger partial charge is 0.255 e. The second-order valence-corrected chi connectivity index (χ2v) is 5.84. The van der Waals surface area contributed by atoms with Gasteiger partial charge in [-0.15, -0.1) is 0 Å². The van der Waals surface area contributed by atoms with E-state index in [1.807, 2.05) is 19.1 Å². The number of hydrogen-bond donors (Lipinski definition) is 2. The summed E-state index contributed by atoms with van der Waals surface area (Å²) < 4.78 is 5.21. The minimum Gasteiger partial charge on any atom is -0.496 e. The SMILES string of the molecule is COc1ccc(Cl)cc1C(=O)NCc1ccc2[nH]c(C)cc2c1. The van der Waals surface area contributed by atoms with Crippen LogP contribution in [0.25, 0.3) is 10.9 Å². The van der Waals surface area contributed by atoms with Crippen molar-refractivity contribution in [1.29, 1.82) is 0 Å². The predicted molar refractivity (Wildman–Crippen MR) is 92.2 cm³/mol. The van der Waals surface area contributed by atoms with Gasteiger partial charge in [0.2, 0.25) is 0 Å². The Hall–Kier alpha value is -2.46. The number of ether oxygens (including phenoxy) is 1. The molecule has 1 amide bonds. The van der Waals surface area contributed by atoms with E-state index in [4.69, 9.17) is 16.3 Å². The van der Waals surface area contributed by atoms with Crippen molar-refractivity contribution in [2.75, 3.05) is 7.11 Å². The first-order valence-corrected chi connectivity index (χ1v) is 7.64. The molecule has 0 atom stereocenters. The van der Waals surface area contributed by atoms with Gasteiger partial charge in [-0.3, -0.25) is 4.79 Å². The van der Waals surface area contributed by atoms with E-state index in [-0.39, 0.29) is 5.91 Å². The monoisotopic (exact) mass is 328 g/mol. The Labute approximate surface area is 139 Å². The lowest BCUT2D eigenvalue weighted by molar-refractivity contribution is 0.0948. The lowest BCUT2D eigenvalue weighted by atomic mass is 10.1. The molecule has 0 radical (unpaired) electrons. The second-order valence-electron chi connectivity index (χ2n) is 5.40. The van der Waals surface area contributed by atoms with Gasteiger partial charge in [0.1, 0.15) is 5.75 Å². The number of methoxy groups -OCH3 is 1. The summed E-state index contributed by atoms with van der Waals surface area (Å²) in [6.45, 7) is 2.46. The van der Waals surface area contributed by atoms with Crippen LogP contribution in [0.1, 0.15) is 21.6 Å². The van der Waals surface area contributed by atoms with E-state index < -0.39 is 0 Å². The van der Waals surface area contributed by atoms with Gasteiger partial charge in [0, 0.05) is 22.8 Å². The minimum atomic E-state index is -0.213. The zero-order valence-corrected chi connectivity index (χ0v) is 13.7. The number of carbonyl (C=O) groups is 1. The predicted octanol–water partition coefficient (Wildman–Crippen LogP) is 4.07. The number of benzene rings is 2. The Morgan fingerprint density at radius 2 is 2.04 bits per heavy atom. The van der Waals surface area contributed by atoms with Crippen LogP contribution < -0.4 is 10.1 Å². The van der Waals surface area contributed by atoms with Crippen molar-refractivity contribution in [3.05, 3.63) is 64.3 Å². The largest absolute Gasteiger partial charge is 0.496 e. The van der Waals surface area contributed by atoms with Gasteiger partial charge in [-0.2, -0.15) is 0 Å². The van der Waals surface area contributed by atoms with Gasteiger partial charge in [0.05, 0.1) is 12.7 Å². The topological polar surface area (TPSA) is 54.1 Å². The molecule has 0 bridgehead atoms. The first-order chi connectivity index (χ1) is 11.1. The maximum absolute atomic E-state index is 12.4. The van der Waals surface area contributed by atoms with Crippen LogP contribution in [0.3, 0.4) is 0 Å². The van der Waals surface area contributed by atoms with Crippen molar-refractivity contribution in [1.82, 2.24) is 10.3 Å². The number of halogens is 1. The summed E-state index contributed by atoms with van der Waals surface area (Å²) in [5, 5.41) is 4.53. The van der Waals surface area contributed by atoms with Gasteiger partial charge in [-0.1, -0.05) is 17.7 Å². The molecule has 0 spiro atoms. The summed E-state index contributed by atoms with van der Waals surface area (Å²) in [6, 6.07) is 13.1. The van der Waals surface area contributed by atoms with E-state index in [1.165, 1.54) is 7.11 Å². The van der Waals surface area contributed by atoms with Crippen LogP contribution in [0.15, 0.2) is 42.5 Å². The first kappa shape index (κ1) is 15.4. The molecule has 0 saturated heterocycles. The van der Waals surface area contributed by atoms with Gasteiger partial charge in [-0.25, -0.2) is 0 Å². The molecule has 2 aromatic carbocycles. The van der Waals surface area contributed by atoms with E-state index >= 15 is 0 Å². The Morgan fingerprint density at radius 1 is 1.22 bits per heavy atom. The lowest BCUT2D eigenvalue weighted by Gasteiger charge is -2.10. The summed E-state index contributed by atoms with van der Waals surface area (Å²) in [4.78, 5) is 15.6. The molecule has 2 N–H and O–H groups in total. The fourth-order valence-corrected chi connectivity index (χ4v) is 2.74. The van der Waals surface area contributed by atoms with Crippen molar-refractivity contribution in [3.63, 3.8) is 0 Å². The number of rotatable bonds is 4. The lowest BCUT2D eigenvalue weighted by Crippen LogP contribution is -2.23. The summed E-state index contributed by atoms with van der Waals surface area (Å²) in [5.41, 5.74) is 3.67. The highest BCUT2D eigenvalue weighted by molar-refractivity contribution is 6.31. The molecule has 3 rings (SSSR count). The number of hydrogen-bond acceptors (Lipinski definition) is 2. The number of nitrogens with one attached hydrogen (secondary N) is 2. The number of aromatic nitrogens is 1. The molecule has 23 heavy (non-hydrogen) atoms. The van der Waals surface area contributed by atoms with Gasteiger partial charge < -0.3 is 15.0 Å². The van der Waals surface area contributed by atoms with Crippen molar-refractivity contribution in [3.8, 4) is 5.75 Å². The molecular formula is C18H17ClN2O2. The molecule has 0 aliphatic carbocycles. The Balaban J connectivity index is 1.76. The van der Waals surface area contributed by atoms with E-state index in [0.717, 1.165) is 22.2 Å². The molecule has 0 unspecified atom stereocenters. The van der Waals surface area contributed by atoms with E-state index in [2.05, 4.69) is 22.4 Å². The molecule has 0 aliphatic rings. The first-order valence-electron chi connectivity index (χ1n) is 7.27. The van der Waals surface area contributed by atoms with Crippen molar-refractivity contribution < 1.29 is 9.53 Å². The van der Waals surface area contributed by atoms with Gasteiger partial charge in [-0.05, 0) is 54.3 Å². The molecule has 4 nitrogen and oxygen atoms in total. The number of fused-ring (bicyclic) bond motifs is 1. The van der Waals surface area contributed by atoms with Gasteiger partial charge in [0.15, 0.2) is 0 Å². The highest BCUT2D eigenvalue weighted by Gasteiger charge is 2.12. The number of carbonyl (C=O) groups excluding carboxylic acids is 1. The van der Waals surface area contributed by atoms with Gasteiger partial charge >= 0.3 is 0 Å². The Bertz CT molecular complexity index is 871. The van der Waals surface area contributed by atoms with Crippen LogP contribution in [-0.4, -0.2) is 18.0 Å². The van der Waals surface area contributed by atoms with Crippen LogP contribution in [0.5, 0.6) is 5.75 Å². The highest BCUT2D eigenvalue weighted by Crippen LogP contribution is 2.23. The molecule has 1 aromatic heterocycles. The zero-order chi connectivity index (χ0) is 16.4. The van der Waals surface area contributed by atoms with Crippen molar-refractivity contribution >= 4 is 28.4 Å². The molecule has 3 aromatic rings. The minimum absolute atomic E-state index is 0.213. The fraction of sp³-hybridized carbons (Fsp3) is 0.167. The van der Waals surface area contributed by atoms with Crippen LogP contribution >= 0.6 is 11.6 Å². The standard InChI is InChI=1S/C18H17ClN2O2/c1-11-7-13-8-12(3-5-16(13)21-11)10-20-18(22)15-9-14(19)4-6-17(15)23-2/h3-9,21H,10H2,1-2H3,(H,20,22). The van der Waals surface area contributed by atoms with Crippen molar-refractivity contribution in [2.45, 2.75) is 13.5 Å². The third-order valence-corrected chi connectivity index (χ3v) is 3.91.